The van der Waals surface area contributed by atoms with Gasteiger partial charge in [-0.2, -0.15) is 0 Å². The molecule has 18 heavy (non-hydrogen) atoms. The number of hydrogen-bond donors (Lipinski definition) is 1. The molecule has 1 N–H and O–H groups in total. The molecule has 2 aliphatic rings. The predicted molar refractivity (Wildman–Crippen MR) is 74.2 cm³/mol. The molecule has 0 bridgehead atoms. The fraction of sp³-hybridized carbons (Fsp3) is 0.714. The van der Waals surface area contributed by atoms with Crippen LogP contribution in [0.4, 0.5) is 5.82 Å². The van der Waals surface area contributed by atoms with E-state index in [0.29, 0.717) is 17.1 Å². The fourth-order valence-corrected chi connectivity index (χ4v) is 2.49. The van der Waals surface area contributed by atoms with Gasteiger partial charge in [0.25, 0.3) is 0 Å². The number of nitrogens with one attached hydrogen (secondary N) is 1. The van der Waals surface area contributed by atoms with E-state index < -0.39 is 0 Å². The van der Waals surface area contributed by atoms with Crippen molar-refractivity contribution < 1.29 is 0 Å². The summed E-state index contributed by atoms with van der Waals surface area (Å²) in [4.78, 5) is 9.05. The Morgan fingerprint density at radius 3 is 2.61 bits per heavy atom. The molecule has 3 rings (SSSR count). The largest absolute Gasteiger partial charge is 0.367 e. The quantitative estimate of drug-likeness (QED) is 0.820. The van der Waals surface area contributed by atoms with Crippen molar-refractivity contribution in [1.82, 2.24) is 9.97 Å². The van der Waals surface area contributed by atoms with E-state index in [9.17, 15) is 0 Å². The minimum atomic E-state index is 0.467. The molecule has 4 heteroatoms. The first-order valence-corrected chi connectivity index (χ1v) is 7.32. The third kappa shape index (κ3) is 2.77. The number of halogens is 1. The monoisotopic (exact) mass is 265 g/mol. The highest BCUT2D eigenvalue weighted by molar-refractivity contribution is 6.30. The molecule has 2 fully saturated rings. The second-order valence-corrected chi connectivity index (χ2v) is 6.20. The summed E-state index contributed by atoms with van der Waals surface area (Å²) in [6, 6.07) is 0.467. The van der Waals surface area contributed by atoms with Crippen molar-refractivity contribution in [1.29, 1.82) is 0 Å². The van der Waals surface area contributed by atoms with E-state index in [2.05, 4.69) is 22.2 Å². The topological polar surface area (TPSA) is 37.8 Å². The van der Waals surface area contributed by atoms with E-state index in [1.165, 1.54) is 32.1 Å². The fourth-order valence-electron chi connectivity index (χ4n) is 2.32. The predicted octanol–water partition coefficient (Wildman–Crippen LogP) is 3.92. The van der Waals surface area contributed by atoms with Crippen molar-refractivity contribution in [3.8, 4) is 0 Å². The Morgan fingerprint density at radius 2 is 2.00 bits per heavy atom. The molecule has 1 unspecified atom stereocenters. The zero-order valence-corrected chi connectivity index (χ0v) is 11.8. The zero-order valence-electron chi connectivity index (χ0n) is 11.0. The summed E-state index contributed by atoms with van der Waals surface area (Å²) in [5, 5.41) is 4.11. The standard InChI is InChI=1S/C14H20ClN3/c1-8(7-10-3-4-10)16-13-9(2)12(15)17-14(18-13)11-5-6-11/h8,10-11H,3-7H2,1-2H3,(H,16,17,18). The van der Waals surface area contributed by atoms with Crippen LogP contribution in [0.25, 0.3) is 0 Å². The lowest BCUT2D eigenvalue weighted by Gasteiger charge is -2.17. The smallest absolute Gasteiger partial charge is 0.137 e. The Morgan fingerprint density at radius 1 is 1.28 bits per heavy atom. The van der Waals surface area contributed by atoms with Gasteiger partial charge < -0.3 is 5.32 Å². The van der Waals surface area contributed by atoms with Gasteiger partial charge in [-0.1, -0.05) is 24.4 Å². The van der Waals surface area contributed by atoms with Gasteiger partial charge in [-0.05, 0) is 39.0 Å². The molecule has 2 aliphatic carbocycles. The Bertz CT molecular complexity index is 453. The van der Waals surface area contributed by atoms with Gasteiger partial charge in [0.05, 0.1) is 0 Å². The third-order valence-corrected chi connectivity index (χ3v) is 4.18. The van der Waals surface area contributed by atoms with Gasteiger partial charge in [0.1, 0.15) is 16.8 Å². The van der Waals surface area contributed by atoms with Crippen LogP contribution in [0.5, 0.6) is 0 Å². The van der Waals surface area contributed by atoms with Crippen LogP contribution in [-0.4, -0.2) is 16.0 Å². The summed E-state index contributed by atoms with van der Waals surface area (Å²) < 4.78 is 0. The van der Waals surface area contributed by atoms with E-state index in [1.54, 1.807) is 0 Å². The molecule has 0 aliphatic heterocycles. The van der Waals surface area contributed by atoms with Crippen LogP contribution in [-0.2, 0) is 0 Å². The van der Waals surface area contributed by atoms with E-state index in [4.69, 9.17) is 11.6 Å². The second kappa shape index (κ2) is 4.69. The molecule has 2 saturated carbocycles. The van der Waals surface area contributed by atoms with Crippen LogP contribution >= 0.6 is 11.6 Å². The van der Waals surface area contributed by atoms with Gasteiger partial charge in [-0.25, -0.2) is 9.97 Å². The van der Waals surface area contributed by atoms with Gasteiger partial charge in [0.15, 0.2) is 0 Å². The SMILES string of the molecule is Cc1c(Cl)nc(C2CC2)nc1NC(C)CC1CC1. The Balaban J connectivity index is 1.75. The summed E-state index contributed by atoms with van der Waals surface area (Å²) in [5.41, 5.74) is 0.976. The molecule has 0 radical (unpaired) electrons. The summed E-state index contributed by atoms with van der Waals surface area (Å²) in [6.07, 6.45) is 6.43. The maximum Gasteiger partial charge on any atom is 0.137 e. The first kappa shape index (κ1) is 12.2. The van der Waals surface area contributed by atoms with Crippen molar-refractivity contribution in [2.45, 2.75) is 57.9 Å². The molecular weight excluding hydrogens is 246 g/mol. The number of rotatable bonds is 5. The first-order chi connectivity index (χ1) is 8.63. The maximum atomic E-state index is 6.20. The van der Waals surface area contributed by atoms with Crippen molar-refractivity contribution in [2.24, 2.45) is 5.92 Å². The zero-order chi connectivity index (χ0) is 12.7. The lowest BCUT2D eigenvalue weighted by Crippen LogP contribution is -2.18. The maximum absolute atomic E-state index is 6.20. The number of aromatic nitrogens is 2. The van der Waals surface area contributed by atoms with Gasteiger partial charge in [-0.3, -0.25) is 0 Å². The summed E-state index contributed by atoms with van der Waals surface area (Å²) >= 11 is 6.20. The Kier molecular flexibility index (Phi) is 3.18. The van der Waals surface area contributed by atoms with Crippen molar-refractivity contribution in [3.05, 3.63) is 16.5 Å². The van der Waals surface area contributed by atoms with Crippen LogP contribution in [0.1, 0.15) is 56.3 Å². The second-order valence-electron chi connectivity index (χ2n) is 5.84. The van der Waals surface area contributed by atoms with Crippen LogP contribution in [0.15, 0.2) is 0 Å². The van der Waals surface area contributed by atoms with Crippen LogP contribution in [0, 0.1) is 12.8 Å². The number of anilines is 1. The van der Waals surface area contributed by atoms with Crippen LogP contribution < -0.4 is 5.32 Å². The van der Waals surface area contributed by atoms with E-state index in [1.807, 2.05) is 6.92 Å². The molecule has 1 heterocycles. The minimum Gasteiger partial charge on any atom is -0.367 e. The molecule has 1 aromatic rings. The first-order valence-electron chi connectivity index (χ1n) is 6.94. The van der Waals surface area contributed by atoms with Crippen molar-refractivity contribution in [3.63, 3.8) is 0 Å². The third-order valence-electron chi connectivity index (χ3n) is 3.81. The summed E-state index contributed by atoms with van der Waals surface area (Å²) in [7, 11) is 0. The van der Waals surface area contributed by atoms with E-state index in [0.717, 1.165) is 23.1 Å². The molecule has 0 aromatic carbocycles. The molecule has 98 valence electrons. The summed E-state index contributed by atoms with van der Waals surface area (Å²) in [6.45, 7) is 4.22. The Labute approximate surface area is 113 Å². The van der Waals surface area contributed by atoms with Crippen LogP contribution in [0.3, 0.4) is 0 Å². The highest BCUT2D eigenvalue weighted by Gasteiger charge is 2.28. The lowest BCUT2D eigenvalue weighted by atomic mass is 10.1. The van der Waals surface area contributed by atoms with Gasteiger partial charge >= 0.3 is 0 Å². The summed E-state index contributed by atoms with van der Waals surface area (Å²) in [5.74, 6) is 3.33. The highest BCUT2D eigenvalue weighted by atomic mass is 35.5. The molecule has 3 nitrogen and oxygen atoms in total. The number of hydrogen-bond acceptors (Lipinski definition) is 3. The highest BCUT2D eigenvalue weighted by Crippen LogP contribution is 2.40. The van der Waals surface area contributed by atoms with Crippen molar-refractivity contribution >= 4 is 17.4 Å². The van der Waals surface area contributed by atoms with Gasteiger partial charge in [-0.15, -0.1) is 0 Å². The Hall–Kier alpha value is -0.830. The molecule has 0 saturated heterocycles. The van der Waals surface area contributed by atoms with E-state index >= 15 is 0 Å². The van der Waals surface area contributed by atoms with E-state index in [-0.39, 0.29) is 0 Å². The molecule has 0 spiro atoms. The molecular formula is C14H20ClN3. The molecule has 0 amide bonds. The minimum absolute atomic E-state index is 0.467. The average Bonchev–Trinajstić information content (AvgIpc) is 3.15. The van der Waals surface area contributed by atoms with Gasteiger partial charge in [0.2, 0.25) is 0 Å². The number of nitrogens with zero attached hydrogens (tertiary/aromatic N) is 2. The molecule has 1 aromatic heterocycles. The lowest BCUT2D eigenvalue weighted by molar-refractivity contribution is 0.638. The normalized spacial score (nSPS) is 20.8. The van der Waals surface area contributed by atoms with Gasteiger partial charge in [0, 0.05) is 17.5 Å². The average molecular weight is 266 g/mol. The van der Waals surface area contributed by atoms with Crippen LogP contribution in [0.2, 0.25) is 5.15 Å². The van der Waals surface area contributed by atoms with Crippen molar-refractivity contribution in [2.75, 3.05) is 5.32 Å². The molecule has 1 atom stereocenters.